The number of carbonyl (C=O) groups excluding carboxylic acids is 5. The SMILES string of the molecule is COC(=O)Cn1c(=NC(=O)CN2C(=O)c3ccccc3C2=O)sc2cc(NC(C)=O)ccc21. The fraction of sp³-hybridized carbons (Fsp3) is 0.182. The van der Waals surface area contributed by atoms with Crippen molar-refractivity contribution in [2.75, 3.05) is 19.0 Å². The largest absolute Gasteiger partial charge is 0.468 e. The Balaban J connectivity index is 1.69. The van der Waals surface area contributed by atoms with Gasteiger partial charge in [-0.05, 0) is 30.3 Å². The van der Waals surface area contributed by atoms with Crippen molar-refractivity contribution >= 4 is 56.8 Å². The zero-order valence-electron chi connectivity index (χ0n) is 17.7. The summed E-state index contributed by atoms with van der Waals surface area (Å²) in [6.45, 7) is 0.653. The number of anilines is 1. The van der Waals surface area contributed by atoms with Gasteiger partial charge in [-0.3, -0.25) is 28.9 Å². The first-order valence-electron chi connectivity index (χ1n) is 9.79. The molecule has 3 aromatic rings. The molecule has 1 N–H and O–H groups in total. The lowest BCUT2D eigenvalue weighted by atomic mass is 10.1. The highest BCUT2D eigenvalue weighted by molar-refractivity contribution is 7.16. The van der Waals surface area contributed by atoms with Crippen molar-refractivity contribution in [1.82, 2.24) is 9.47 Å². The molecule has 4 amide bonds. The predicted molar refractivity (Wildman–Crippen MR) is 119 cm³/mol. The number of aromatic nitrogens is 1. The molecule has 0 unspecified atom stereocenters. The fourth-order valence-electron chi connectivity index (χ4n) is 3.45. The van der Waals surface area contributed by atoms with E-state index in [4.69, 9.17) is 4.74 Å². The quantitative estimate of drug-likeness (QED) is 0.449. The van der Waals surface area contributed by atoms with Gasteiger partial charge in [0.2, 0.25) is 5.91 Å². The summed E-state index contributed by atoms with van der Waals surface area (Å²) < 4.78 is 6.91. The lowest BCUT2D eigenvalue weighted by molar-refractivity contribution is -0.141. The van der Waals surface area contributed by atoms with Crippen molar-refractivity contribution in [1.29, 1.82) is 0 Å². The van der Waals surface area contributed by atoms with Crippen molar-refractivity contribution < 1.29 is 28.7 Å². The zero-order chi connectivity index (χ0) is 23.7. The Morgan fingerprint density at radius 3 is 2.30 bits per heavy atom. The van der Waals surface area contributed by atoms with Crippen molar-refractivity contribution in [2.24, 2.45) is 4.99 Å². The number of fused-ring (bicyclic) bond motifs is 2. The molecular weight excluding hydrogens is 448 g/mol. The van der Waals surface area contributed by atoms with Gasteiger partial charge in [0.05, 0.1) is 28.5 Å². The van der Waals surface area contributed by atoms with Crippen molar-refractivity contribution in [2.45, 2.75) is 13.5 Å². The molecule has 0 radical (unpaired) electrons. The molecule has 0 saturated heterocycles. The second kappa shape index (κ2) is 8.79. The van der Waals surface area contributed by atoms with E-state index in [-0.39, 0.29) is 28.4 Å². The molecule has 1 aliphatic rings. The van der Waals surface area contributed by atoms with E-state index in [9.17, 15) is 24.0 Å². The van der Waals surface area contributed by atoms with Crippen LogP contribution in [0.3, 0.4) is 0 Å². The first kappa shape index (κ1) is 22.1. The number of hydrogen-bond donors (Lipinski definition) is 1. The van der Waals surface area contributed by atoms with Gasteiger partial charge in [0.25, 0.3) is 17.7 Å². The number of ether oxygens (including phenoxy) is 1. The molecule has 2 aromatic carbocycles. The third-order valence-corrected chi connectivity index (χ3v) is 5.95. The van der Waals surface area contributed by atoms with Gasteiger partial charge in [0.15, 0.2) is 4.80 Å². The smallest absolute Gasteiger partial charge is 0.325 e. The van der Waals surface area contributed by atoms with Gasteiger partial charge in [-0.15, -0.1) is 0 Å². The van der Waals surface area contributed by atoms with E-state index in [0.29, 0.717) is 15.9 Å². The Morgan fingerprint density at radius 2 is 1.70 bits per heavy atom. The maximum Gasteiger partial charge on any atom is 0.325 e. The van der Waals surface area contributed by atoms with E-state index in [0.717, 1.165) is 16.2 Å². The molecular formula is C22H18N4O6S. The van der Waals surface area contributed by atoms with Crippen LogP contribution in [-0.2, 0) is 25.7 Å². The van der Waals surface area contributed by atoms with Crippen LogP contribution in [-0.4, -0.2) is 52.7 Å². The van der Waals surface area contributed by atoms with Crippen molar-refractivity contribution in [3.8, 4) is 0 Å². The van der Waals surface area contributed by atoms with Crippen LogP contribution in [0.2, 0.25) is 0 Å². The van der Waals surface area contributed by atoms with Crippen LogP contribution in [0.4, 0.5) is 5.69 Å². The summed E-state index contributed by atoms with van der Waals surface area (Å²) in [7, 11) is 1.25. The number of hydrogen-bond acceptors (Lipinski definition) is 7. The van der Waals surface area contributed by atoms with Crippen LogP contribution in [0.5, 0.6) is 0 Å². The summed E-state index contributed by atoms with van der Waals surface area (Å²) in [6, 6.07) is 11.4. The molecule has 0 spiro atoms. The van der Waals surface area contributed by atoms with Gasteiger partial charge in [0.1, 0.15) is 13.1 Å². The van der Waals surface area contributed by atoms with Crippen molar-refractivity contribution in [3.63, 3.8) is 0 Å². The van der Waals surface area contributed by atoms with Crippen LogP contribution >= 0.6 is 11.3 Å². The molecule has 33 heavy (non-hydrogen) atoms. The van der Waals surface area contributed by atoms with Crippen molar-refractivity contribution in [3.05, 3.63) is 58.4 Å². The molecule has 2 heterocycles. The second-order valence-corrected chi connectivity index (χ2v) is 8.17. The topological polar surface area (TPSA) is 127 Å². The monoisotopic (exact) mass is 466 g/mol. The normalized spacial score (nSPS) is 13.4. The number of imide groups is 1. The molecule has 1 aromatic heterocycles. The maximum absolute atomic E-state index is 12.7. The highest BCUT2D eigenvalue weighted by Gasteiger charge is 2.36. The van der Waals surface area contributed by atoms with Crippen LogP contribution in [0, 0.1) is 0 Å². The number of rotatable bonds is 5. The predicted octanol–water partition coefficient (Wildman–Crippen LogP) is 1.56. The van der Waals surface area contributed by atoms with E-state index in [1.54, 1.807) is 30.3 Å². The van der Waals surface area contributed by atoms with E-state index < -0.39 is 30.2 Å². The van der Waals surface area contributed by atoms with Crippen LogP contribution in [0.1, 0.15) is 27.6 Å². The molecule has 0 fully saturated rings. The third kappa shape index (κ3) is 4.30. The summed E-state index contributed by atoms with van der Waals surface area (Å²) in [4.78, 5) is 66.2. The Morgan fingerprint density at radius 1 is 1.03 bits per heavy atom. The Hall–Kier alpha value is -4.12. The molecule has 0 saturated carbocycles. The number of nitrogens with zero attached hydrogens (tertiary/aromatic N) is 3. The Kier molecular flexibility index (Phi) is 5.88. The number of amides is 4. The highest BCUT2D eigenvalue weighted by atomic mass is 32.1. The number of methoxy groups -OCH3 is 1. The first-order chi connectivity index (χ1) is 15.8. The van der Waals surface area contributed by atoms with E-state index in [1.807, 2.05) is 0 Å². The summed E-state index contributed by atoms with van der Waals surface area (Å²) in [6.07, 6.45) is 0. The molecule has 168 valence electrons. The minimum Gasteiger partial charge on any atom is -0.468 e. The molecule has 0 bridgehead atoms. The fourth-order valence-corrected chi connectivity index (χ4v) is 4.53. The number of carbonyl (C=O) groups is 5. The summed E-state index contributed by atoms with van der Waals surface area (Å²) in [5.74, 6) is -2.63. The van der Waals surface area contributed by atoms with Gasteiger partial charge < -0.3 is 14.6 Å². The van der Waals surface area contributed by atoms with Crippen LogP contribution < -0.4 is 10.1 Å². The minimum absolute atomic E-state index is 0.192. The summed E-state index contributed by atoms with van der Waals surface area (Å²) >= 11 is 1.12. The van der Waals surface area contributed by atoms with Crippen LogP contribution in [0.15, 0.2) is 47.5 Å². The maximum atomic E-state index is 12.7. The van der Waals surface area contributed by atoms with Gasteiger partial charge >= 0.3 is 5.97 Å². The summed E-state index contributed by atoms with van der Waals surface area (Å²) in [5, 5.41) is 2.67. The van der Waals surface area contributed by atoms with Gasteiger partial charge in [-0.1, -0.05) is 23.5 Å². The minimum atomic E-state index is -0.725. The molecule has 11 heteroatoms. The van der Waals surface area contributed by atoms with E-state index in [1.165, 1.54) is 30.7 Å². The molecule has 0 atom stereocenters. The molecule has 0 aliphatic carbocycles. The number of benzene rings is 2. The summed E-state index contributed by atoms with van der Waals surface area (Å²) in [5.41, 5.74) is 1.63. The third-order valence-electron chi connectivity index (χ3n) is 4.91. The van der Waals surface area contributed by atoms with E-state index in [2.05, 4.69) is 10.3 Å². The zero-order valence-corrected chi connectivity index (χ0v) is 18.5. The number of esters is 1. The molecule has 1 aliphatic heterocycles. The lowest BCUT2D eigenvalue weighted by Gasteiger charge is -2.10. The number of thiazole rings is 1. The Labute approximate surface area is 191 Å². The van der Waals surface area contributed by atoms with Gasteiger partial charge in [0, 0.05) is 12.6 Å². The van der Waals surface area contributed by atoms with E-state index >= 15 is 0 Å². The molecule has 4 rings (SSSR count). The average molecular weight is 466 g/mol. The van der Waals surface area contributed by atoms with Gasteiger partial charge in [-0.25, -0.2) is 0 Å². The highest BCUT2D eigenvalue weighted by Crippen LogP contribution is 2.23. The Bertz CT molecular complexity index is 1370. The average Bonchev–Trinajstić information content (AvgIpc) is 3.22. The standard InChI is InChI=1S/C22H18N4O6S/c1-12(27)23-13-7-8-16-17(9-13)33-22(25(16)11-19(29)32-2)24-18(28)10-26-20(30)14-5-3-4-6-15(14)21(26)31/h3-9H,10-11H2,1-2H3,(H,23,27). The first-order valence-corrected chi connectivity index (χ1v) is 10.6. The number of nitrogens with one attached hydrogen (secondary N) is 1. The van der Waals surface area contributed by atoms with Gasteiger partial charge in [-0.2, -0.15) is 4.99 Å². The molecule has 10 nitrogen and oxygen atoms in total. The lowest BCUT2D eigenvalue weighted by Crippen LogP contribution is -2.35. The second-order valence-electron chi connectivity index (χ2n) is 7.16. The van der Waals surface area contributed by atoms with Crippen LogP contribution in [0.25, 0.3) is 10.2 Å².